The Labute approximate surface area is 74.8 Å². The van der Waals surface area contributed by atoms with Crippen molar-refractivity contribution in [3.8, 4) is 0 Å². The van der Waals surface area contributed by atoms with Crippen LogP contribution in [0.3, 0.4) is 0 Å². The van der Waals surface area contributed by atoms with Crippen molar-refractivity contribution in [3.05, 3.63) is 23.0 Å². The molecule has 0 atom stereocenters. The molecule has 0 fully saturated rings. The Morgan fingerprint density at radius 3 is 2.64 bits per heavy atom. The third-order valence-corrected chi connectivity index (χ3v) is 2.03. The van der Waals surface area contributed by atoms with Gasteiger partial charge in [-0.2, -0.15) is 0 Å². The Morgan fingerprint density at radius 2 is 2.18 bits per heavy atom. The number of hydrogen-bond donors (Lipinski definition) is 0. The minimum absolute atomic E-state index is 0.727. The third kappa shape index (κ3) is 7.73. The van der Waals surface area contributed by atoms with E-state index in [2.05, 4.69) is 38.8 Å². The Kier molecular flexibility index (Phi) is 6.43. The molecule has 0 unspecified atom stereocenters. The van der Waals surface area contributed by atoms with Gasteiger partial charge in [0, 0.05) is 0 Å². The molecule has 0 spiro atoms. The lowest BCUT2D eigenvalue weighted by molar-refractivity contribution is 0.659. The third-order valence-electron chi connectivity index (χ3n) is 1.20. The Bertz CT molecular complexity index is 134. The molecule has 0 heterocycles. The molecule has 0 amide bonds. The molecular formula is C10H18S. The van der Waals surface area contributed by atoms with Gasteiger partial charge in [-0.1, -0.05) is 33.4 Å². The van der Waals surface area contributed by atoms with Gasteiger partial charge in [0.1, 0.15) is 0 Å². The summed E-state index contributed by atoms with van der Waals surface area (Å²) in [5.74, 6) is 0.727. The van der Waals surface area contributed by atoms with Crippen molar-refractivity contribution in [2.45, 2.75) is 33.6 Å². The van der Waals surface area contributed by atoms with Gasteiger partial charge in [-0.05, 0) is 29.1 Å². The molecule has 11 heavy (non-hydrogen) atoms. The van der Waals surface area contributed by atoms with Crippen LogP contribution in [-0.2, 0) is 0 Å². The summed E-state index contributed by atoms with van der Waals surface area (Å²) in [5.41, 5.74) is 0. The Hall–Kier alpha value is -0.170. The lowest BCUT2D eigenvalue weighted by Gasteiger charge is -2.04. The number of rotatable bonds is 5. The summed E-state index contributed by atoms with van der Waals surface area (Å²) in [6.07, 6.45) is 4.40. The Morgan fingerprint density at radius 1 is 1.55 bits per heavy atom. The minimum atomic E-state index is 0.727. The number of hydrogen-bond acceptors (Lipinski definition) is 1. The zero-order valence-corrected chi connectivity index (χ0v) is 8.58. The van der Waals surface area contributed by atoms with Crippen LogP contribution in [0.2, 0.25) is 0 Å². The average molecular weight is 170 g/mol. The summed E-state index contributed by atoms with van der Waals surface area (Å²) < 4.78 is 0. The van der Waals surface area contributed by atoms with E-state index in [-0.39, 0.29) is 0 Å². The maximum atomic E-state index is 3.98. The lowest BCUT2D eigenvalue weighted by Crippen LogP contribution is -1.85. The summed E-state index contributed by atoms with van der Waals surface area (Å²) in [4.78, 5) is 1.27. The molecule has 0 N–H and O–H groups in total. The first kappa shape index (κ1) is 10.8. The van der Waals surface area contributed by atoms with Gasteiger partial charge in [0.15, 0.2) is 0 Å². The maximum Gasteiger partial charge on any atom is -0.0178 e. The van der Waals surface area contributed by atoms with Gasteiger partial charge in [0.25, 0.3) is 0 Å². The van der Waals surface area contributed by atoms with Crippen molar-refractivity contribution in [2.24, 2.45) is 5.92 Å². The molecule has 1 heteroatoms. The van der Waals surface area contributed by atoms with E-state index in [0.717, 1.165) is 18.8 Å². The lowest BCUT2D eigenvalue weighted by atomic mass is 10.1. The van der Waals surface area contributed by atoms with Crippen LogP contribution in [0.15, 0.2) is 23.0 Å². The second-order valence-corrected chi connectivity index (χ2v) is 4.12. The van der Waals surface area contributed by atoms with Gasteiger partial charge in [0.05, 0.1) is 0 Å². The first-order valence-corrected chi connectivity index (χ1v) is 5.04. The smallest absolute Gasteiger partial charge is 0.0178 e. The minimum Gasteiger partial charge on any atom is -0.103 e. The molecule has 0 nitrogen and oxygen atoms in total. The summed E-state index contributed by atoms with van der Waals surface area (Å²) >= 11 is 1.75. The highest BCUT2D eigenvalue weighted by molar-refractivity contribution is 8.05. The predicted molar refractivity (Wildman–Crippen MR) is 55.6 cm³/mol. The van der Waals surface area contributed by atoms with E-state index in [9.17, 15) is 0 Å². The topological polar surface area (TPSA) is 0 Å². The maximum absolute atomic E-state index is 3.98. The fourth-order valence-electron chi connectivity index (χ4n) is 0.744. The van der Waals surface area contributed by atoms with Crippen LogP contribution in [-0.4, -0.2) is 0 Å². The van der Waals surface area contributed by atoms with Gasteiger partial charge >= 0.3 is 0 Å². The van der Waals surface area contributed by atoms with Crippen molar-refractivity contribution in [1.82, 2.24) is 0 Å². The van der Waals surface area contributed by atoms with Crippen LogP contribution >= 0.6 is 11.8 Å². The van der Waals surface area contributed by atoms with Gasteiger partial charge in [0.2, 0.25) is 0 Å². The quantitative estimate of drug-likeness (QED) is 0.596. The van der Waals surface area contributed by atoms with E-state index in [1.165, 1.54) is 4.91 Å². The summed E-state index contributed by atoms with van der Waals surface area (Å²) in [6, 6.07) is 0. The Balaban J connectivity index is 3.45. The van der Waals surface area contributed by atoms with Crippen molar-refractivity contribution >= 4 is 11.8 Å². The van der Waals surface area contributed by atoms with Gasteiger partial charge < -0.3 is 0 Å². The van der Waals surface area contributed by atoms with Gasteiger partial charge in [-0.15, -0.1) is 11.8 Å². The van der Waals surface area contributed by atoms with Crippen LogP contribution < -0.4 is 0 Å². The van der Waals surface area contributed by atoms with E-state index in [0.29, 0.717) is 0 Å². The number of thioether (sulfide) groups is 1. The van der Waals surface area contributed by atoms with Gasteiger partial charge in [-0.3, -0.25) is 0 Å². The summed E-state index contributed by atoms with van der Waals surface area (Å²) in [7, 11) is 0. The molecule has 0 bridgehead atoms. The largest absolute Gasteiger partial charge is 0.103 e. The van der Waals surface area contributed by atoms with E-state index in [4.69, 9.17) is 0 Å². The van der Waals surface area contributed by atoms with Crippen LogP contribution in [0, 0.1) is 5.92 Å². The molecule has 0 aromatic heterocycles. The van der Waals surface area contributed by atoms with Crippen LogP contribution in [0.5, 0.6) is 0 Å². The molecule has 0 rings (SSSR count). The zero-order valence-electron chi connectivity index (χ0n) is 7.76. The van der Waals surface area contributed by atoms with E-state index < -0.39 is 0 Å². The highest BCUT2D eigenvalue weighted by Crippen LogP contribution is 2.22. The van der Waals surface area contributed by atoms with Crippen molar-refractivity contribution in [1.29, 1.82) is 0 Å². The molecule has 0 saturated heterocycles. The SMILES string of the molecule is C=C(CC(C)C)S/C=C\CC. The van der Waals surface area contributed by atoms with Crippen molar-refractivity contribution in [2.75, 3.05) is 0 Å². The predicted octanol–water partition coefficient (Wildman–Crippen LogP) is 4.20. The molecule has 0 aromatic rings. The van der Waals surface area contributed by atoms with Gasteiger partial charge in [-0.25, -0.2) is 0 Å². The average Bonchev–Trinajstić information content (AvgIpc) is 1.86. The van der Waals surface area contributed by atoms with Crippen LogP contribution in [0.1, 0.15) is 33.6 Å². The molecule has 0 aliphatic carbocycles. The molecule has 0 aromatic carbocycles. The number of allylic oxidation sites excluding steroid dienone is 2. The molecule has 0 radical (unpaired) electrons. The van der Waals surface area contributed by atoms with E-state index >= 15 is 0 Å². The first-order valence-electron chi connectivity index (χ1n) is 4.16. The zero-order chi connectivity index (χ0) is 8.69. The van der Waals surface area contributed by atoms with Crippen molar-refractivity contribution in [3.63, 3.8) is 0 Å². The van der Waals surface area contributed by atoms with E-state index in [1.54, 1.807) is 11.8 Å². The molecule has 64 valence electrons. The van der Waals surface area contributed by atoms with Crippen LogP contribution in [0.4, 0.5) is 0 Å². The summed E-state index contributed by atoms with van der Waals surface area (Å²) in [6.45, 7) is 10.6. The second kappa shape index (κ2) is 6.53. The molecule has 0 aliphatic rings. The fourth-order valence-corrected chi connectivity index (χ4v) is 1.65. The first-order chi connectivity index (χ1) is 5.16. The highest BCUT2D eigenvalue weighted by Gasteiger charge is 1.96. The highest BCUT2D eigenvalue weighted by atomic mass is 32.2. The summed E-state index contributed by atoms with van der Waals surface area (Å²) in [5, 5.41) is 2.13. The molecular weight excluding hydrogens is 152 g/mol. The van der Waals surface area contributed by atoms with Crippen LogP contribution in [0.25, 0.3) is 0 Å². The normalized spacial score (nSPS) is 11.3. The van der Waals surface area contributed by atoms with E-state index in [1.807, 2.05) is 0 Å². The molecule has 0 aliphatic heterocycles. The van der Waals surface area contributed by atoms with Crippen molar-refractivity contribution < 1.29 is 0 Å². The standard InChI is InChI=1S/C10H18S/c1-5-6-7-11-10(4)8-9(2)3/h6-7,9H,4-5,8H2,1-3H3/b7-6-. The monoisotopic (exact) mass is 170 g/mol. The molecule has 0 saturated carbocycles. The second-order valence-electron chi connectivity index (χ2n) is 3.03. The fraction of sp³-hybridized carbons (Fsp3) is 0.600.